The fourth-order valence-electron chi connectivity index (χ4n) is 1.23. The zero-order valence-electron chi connectivity index (χ0n) is 8.53. The van der Waals surface area contributed by atoms with Crippen LogP contribution in [-0.4, -0.2) is 33.6 Å². The van der Waals surface area contributed by atoms with Crippen molar-refractivity contribution >= 4 is 22.9 Å². The van der Waals surface area contributed by atoms with Gasteiger partial charge in [0.15, 0.2) is 11.5 Å². The molecule has 2 aromatic rings. The van der Waals surface area contributed by atoms with Gasteiger partial charge >= 0.3 is 0 Å². The molecule has 2 heterocycles. The van der Waals surface area contributed by atoms with Crippen LogP contribution in [0.15, 0.2) is 0 Å². The molecule has 7 nitrogen and oxygen atoms in total. The molecule has 0 aliphatic carbocycles. The van der Waals surface area contributed by atoms with Gasteiger partial charge in [0.1, 0.15) is 5.52 Å². The molecule has 0 atom stereocenters. The number of methoxy groups -OCH3 is 1. The largest absolute Gasteiger partial charge is 0.468 e. The van der Waals surface area contributed by atoms with Gasteiger partial charge in [0.05, 0.1) is 7.11 Å². The Kier molecular flexibility index (Phi) is 2.28. The number of anilines is 2. The zero-order valence-corrected chi connectivity index (χ0v) is 8.53. The maximum Gasteiger partial charge on any atom is 0.295 e. The summed E-state index contributed by atoms with van der Waals surface area (Å²) in [7, 11) is 1.52. The van der Waals surface area contributed by atoms with Gasteiger partial charge in [0.25, 0.3) is 6.01 Å². The SMILES string of the molecule is CCNc1nc(N)c2[nH]c(OC)nc2n1. The third-order valence-electron chi connectivity index (χ3n) is 1.89. The highest BCUT2D eigenvalue weighted by molar-refractivity contribution is 5.83. The summed E-state index contributed by atoms with van der Waals surface area (Å²) in [6, 6.07) is 0.375. The van der Waals surface area contributed by atoms with E-state index in [9.17, 15) is 0 Å². The van der Waals surface area contributed by atoms with Gasteiger partial charge in [-0.2, -0.15) is 15.0 Å². The van der Waals surface area contributed by atoms with Crippen molar-refractivity contribution in [2.75, 3.05) is 24.7 Å². The van der Waals surface area contributed by atoms with Crippen molar-refractivity contribution in [2.24, 2.45) is 0 Å². The van der Waals surface area contributed by atoms with Crippen molar-refractivity contribution in [3.05, 3.63) is 0 Å². The second-order valence-electron chi connectivity index (χ2n) is 2.91. The lowest BCUT2D eigenvalue weighted by atomic mass is 10.5. The van der Waals surface area contributed by atoms with E-state index in [2.05, 4.69) is 25.3 Å². The van der Waals surface area contributed by atoms with E-state index in [1.54, 1.807) is 0 Å². The maximum absolute atomic E-state index is 5.74. The molecule has 0 radical (unpaired) electrons. The molecule has 0 aliphatic heterocycles. The molecule has 0 amide bonds. The summed E-state index contributed by atoms with van der Waals surface area (Å²) in [6.07, 6.45) is 0. The third kappa shape index (κ3) is 1.63. The Morgan fingerprint density at radius 3 is 2.87 bits per heavy atom. The monoisotopic (exact) mass is 208 g/mol. The van der Waals surface area contributed by atoms with E-state index in [1.807, 2.05) is 6.92 Å². The van der Waals surface area contributed by atoms with Crippen molar-refractivity contribution in [3.8, 4) is 6.01 Å². The van der Waals surface area contributed by atoms with Gasteiger partial charge in [0, 0.05) is 6.54 Å². The van der Waals surface area contributed by atoms with Crippen LogP contribution in [0.25, 0.3) is 11.2 Å². The fourth-order valence-corrected chi connectivity index (χ4v) is 1.23. The summed E-state index contributed by atoms with van der Waals surface area (Å²) < 4.78 is 4.94. The number of fused-ring (bicyclic) bond motifs is 1. The Hall–Kier alpha value is -2.05. The number of nitrogen functional groups attached to an aromatic ring is 1. The maximum atomic E-state index is 5.74. The number of H-pyrrole nitrogens is 1. The molecule has 80 valence electrons. The summed E-state index contributed by atoms with van der Waals surface area (Å²) >= 11 is 0. The van der Waals surface area contributed by atoms with E-state index in [1.165, 1.54) is 7.11 Å². The molecule has 0 aliphatic rings. The molecular formula is C8H12N6O. The highest BCUT2D eigenvalue weighted by Crippen LogP contribution is 2.19. The van der Waals surface area contributed by atoms with Crippen molar-refractivity contribution in [1.29, 1.82) is 0 Å². The first-order valence-electron chi connectivity index (χ1n) is 4.55. The quantitative estimate of drug-likeness (QED) is 0.673. The van der Waals surface area contributed by atoms with Crippen molar-refractivity contribution in [1.82, 2.24) is 19.9 Å². The Morgan fingerprint density at radius 2 is 2.20 bits per heavy atom. The van der Waals surface area contributed by atoms with Gasteiger partial charge in [-0.25, -0.2) is 0 Å². The van der Waals surface area contributed by atoms with Gasteiger partial charge in [-0.1, -0.05) is 0 Å². The van der Waals surface area contributed by atoms with Crippen LogP contribution in [-0.2, 0) is 0 Å². The molecular weight excluding hydrogens is 196 g/mol. The summed E-state index contributed by atoms with van der Waals surface area (Å²) in [6.45, 7) is 2.68. The van der Waals surface area contributed by atoms with Gasteiger partial charge in [-0.15, -0.1) is 0 Å². The smallest absolute Gasteiger partial charge is 0.295 e. The Balaban J connectivity index is 2.54. The minimum absolute atomic E-state index is 0.353. The Bertz CT molecular complexity index is 479. The van der Waals surface area contributed by atoms with Crippen LogP contribution in [0.5, 0.6) is 6.01 Å². The highest BCUT2D eigenvalue weighted by atomic mass is 16.5. The molecule has 0 bridgehead atoms. The number of aromatic nitrogens is 4. The van der Waals surface area contributed by atoms with E-state index in [4.69, 9.17) is 10.5 Å². The number of hydrogen-bond acceptors (Lipinski definition) is 6. The second-order valence-corrected chi connectivity index (χ2v) is 2.91. The lowest BCUT2D eigenvalue weighted by molar-refractivity contribution is 0.386. The topological polar surface area (TPSA) is 102 Å². The first-order valence-corrected chi connectivity index (χ1v) is 4.55. The second kappa shape index (κ2) is 3.60. The molecule has 0 saturated heterocycles. The van der Waals surface area contributed by atoms with Crippen molar-refractivity contribution < 1.29 is 4.74 Å². The molecule has 4 N–H and O–H groups in total. The number of imidazole rings is 1. The Labute approximate surface area is 86.1 Å². The Morgan fingerprint density at radius 1 is 1.40 bits per heavy atom. The van der Waals surface area contributed by atoms with Gasteiger partial charge < -0.3 is 20.8 Å². The van der Waals surface area contributed by atoms with Crippen LogP contribution in [0.2, 0.25) is 0 Å². The van der Waals surface area contributed by atoms with Crippen molar-refractivity contribution in [3.63, 3.8) is 0 Å². The van der Waals surface area contributed by atoms with Crippen molar-refractivity contribution in [2.45, 2.75) is 6.92 Å². The standard InChI is InChI=1S/C8H12N6O/c1-3-10-7-12-5(9)4-6(13-7)14-8(11-4)15-2/h3H2,1-2H3,(H4,9,10,11,12,13,14). The molecule has 15 heavy (non-hydrogen) atoms. The van der Waals surface area contributed by atoms with Gasteiger partial charge in [-0.3, -0.25) is 0 Å². The molecule has 0 unspecified atom stereocenters. The normalized spacial score (nSPS) is 10.5. The summed E-state index contributed by atoms with van der Waals surface area (Å²) in [4.78, 5) is 15.2. The lowest BCUT2D eigenvalue weighted by Crippen LogP contribution is -2.04. The fraction of sp³-hybridized carbons (Fsp3) is 0.375. The number of nitrogens with two attached hydrogens (primary N) is 1. The molecule has 0 spiro atoms. The van der Waals surface area contributed by atoms with Crippen LogP contribution in [0, 0.1) is 0 Å². The zero-order chi connectivity index (χ0) is 10.8. The minimum Gasteiger partial charge on any atom is -0.468 e. The van der Waals surface area contributed by atoms with E-state index in [0.717, 1.165) is 6.54 Å². The number of aromatic amines is 1. The van der Waals surface area contributed by atoms with Crippen LogP contribution >= 0.6 is 0 Å². The summed E-state index contributed by atoms with van der Waals surface area (Å²) in [5.74, 6) is 0.823. The van der Waals surface area contributed by atoms with Crippen LogP contribution in [0.3, 0.4) is 0 Å². The van der Waals surface area contributed by atoms with E-state index >= 15 is 0 Å². The van der Waals surface area contributed by atoms with E-state index < -0.39 is 0 Å². The number of nitrogens with one attached hydrogen (secondary N) is 2. The molecule has 0 saturated carbocycles. The van der Waals surface area contributed by atoms with E-state index in [-0.39, 0.29) is 0 Å². The first kappa shape index (κ1) is 9.50. The molecule has 2 aromatic heterocycles. The van der Waals surface area contributed by atoms with Gasteiger partial charge in [-0.05, 0) is 6.92 Å². The summed E-state index contributed by atoms with van der Waals surface area (Å²) in [5.41, 5.74) is 6.82. The van der Waals surface area contributed by atoms with Crippen LogP contribution < -0.4 is 15.8 Å². The molecule has 2 rings (SSSR count). The van der Waals surface area contributed by atoms with Crippen LogP contribution in [0.4, 0.5) is 11.8 Å². The third-order valence-corrected chi connectivity index (χ3v) is 1.89. The average molecular weight is 208 g/mol. The molecule has 0 fully saturated rings. The first-order chi connectivity index (χ1) is 7.24. The number of nitrogens with zero attached hydrogens (tertiary/aromatic N) is 3. The lowest BCUT2D eigenvalue weighted by Gasteiger charge is -2.01. The van der Waals surface area contributed by atoms with Gasteiger partial charge in [0.2, 0.25) is 5.95 Å². The predicted octanol–water partition coefficient (Wildman–Crippen LogP) is 0.375. The molecule has 0 aromatic carbocycles. The molecule has 7 heteroatoms. The number of rotatable bonds is 3. The van der Waals surface area contributed by atoms with Crippen LogP contribution in [0.1, 0.15) is 6.92 Å². The number of hydrogen-bond donors (Lipinski definition) is 3. The highest BCUT2D eigenvalue weighted by Gasteiger charge is 2.10. The number of ether oxygens (including phenoxy) is 1. The summed E-state index contributed by atoms with van der Waals surface area (Å²) in [5, 5.41) is 2.97. The predicted molar refractivity (Wildman–Crippen MR) is 56.8 cm³/mol. The average Bonchev–Trinajstić information content (AvgIpc) is 2.62. The van der Waals surface area contributed by atoms with E-state index in [0.29, 0.717) is 28.9 Å². The minimum atomic E-state index is 0.353.